The number of carboxylic acids is 1. The Morgan fingerprint density at radius 1 is 1.36 bits per heavy atom. The van der Waals surface area contributed by atoms with E-state index < -0.39 is 12.1 Å². The second kappa shape index (κ2) is 7.06. The Balaban J connectivity index is 1.83. The first-order valence-electron chi connectivity index (χ1n) is 7.69. The first-order valence-corrected chi connectivity index (χ1v) is 8.06. The van der Waals surface area contributed by atoms with Gasteiger partial charge in [0.25, 0.3) is 0 Å². The van der Waals surface area contributed by atoms with Gasteiger partial charge in [-0.05, 0) is 25.5 Å². The van der Waals surface area contributed by atoms with E-state index in [0.29, 0.717) is 33.3 Å². The molecule has 8 heteroatoms. The van der Waals surface area contributed by atoms with Gasteiger partial charge in [-0.15, -0.1) is 0 Å². The van der Waals surface area contributed by atoms with Gasteiger partial charge >= 0.3 is 5.97 Å². The molecule has 2 aromatic heterocycles. The normalized spacial score (nSPS) is 12.3. The van der Waals surface area contributed by atoms with Crippen LogP contribution >= 0.6 is 11.6 Å². The number of benzene rings is 1. The second-order valence-corrected chi connectivity index (χ2v) is 6.09. The molecule has 3 rings (SSSR count). The third-order valence-corrected chi connectivity index (χ3v) is 3.94. The molecule has 25 heavy (non-hydrogen) atoms. The van der Waals surface area contributed by atoms with Crippen molar-refractivity contribution in [1.29, 1.82) is 0 Å². The van der Waals surface area contributed by atoms with Crippen molar-refractivity contribution in [3.63, 3.8) is 0 Å². The Labute approximate surface area is 148 Å². The number of aliphatic carboxylic acids is 1. The third-order valence-electron chi connectivity index (χ3n) is 3.64. The average Bonchev–Trinajstić information content (AvgIpc) is 2.95. The molecule has 7 nitrogen and oxygen atoms in total. The number of nitrogens with zero attached hydrogens (tertiary/aromatic N) is 3. The van der Waals surface area contributed by atoms with Gasteiger partial charge < -0.3 is 14.4 Å². The van der Waals surface area contributed by atoms with E-state index in [0.717, 1.165) is 5.56 Å². The maximum Gasteiger partial charge on any atom is 0.303 e. The zero-order valence-corrected chi connectivity index (χ0v) is 14.4. The number of aryl methyl sites for hydroxylation is 2. The van der Waals surface area contributed by atoms with Crippen molar-refractivity contribution in [1.82, 2.24) is 15.1 Å². The SMILES string of the molecule is Cc1cnc(C(C)Oc2cc3onc(CCC(=O)O)c3cc2Cl)nc1. The number of aromatic nitrogens is 3. The quantitative estimate of drug-likeness (QED) is 0.714. The molecule has 0 saturated heterocycles. The lowest BCUT2D eigenvalue weighted by atomic mass is 10.1. The van der Waals surface area contributed by atoms with E-state index >= 15 is 0 Å². The zero-order valence-electron chi connectivity index (χ0n) is 13.7. The summed E-state index contributed by atoms with van der Waals surface area (Å²) >= 11 is 6.30. The number of hydrogen-bond donors (Lipinski definition) is 1. The first kappa shape index (κ1) is 17.2. The molecule has 1 atom stereocenters. The van der Waals surface area contributed by atoms with Crippen LogP contribution in [-0.2, 0) is 11.2 Å². The predicted molar refractivity (Wildman–Crippen MR) is 90.8 cm³/mol. The monoisotopic (exact) mass is 361 g/mol. The number of halogens is 1. The molecule has 130 valence electrons. The summed E-state index contributed by atoms with van der Waals surface area (Å²) in [5.41, 5.74) is 2.00. The largest absolute Gasteiger partial charge is 0.481 e. The van der Waals surface area contributed by atoms with Crippen molar-refractivity contribution in [2.45, 2.75) is 32.8 Å². The molecule has 0 amide bonds. The van der Waals surface area contributed by atoms with Gasteiger partial charge in [-0.2, -0.15) is 0 Å². The van der Waals surface area contributed by atoms with Crippen LogP contribution in [0.25, 0.3) is 11.0 Å². The van der Waals surface area contributed by atoms with Crippen LogP contribution in [0.2, 0.25) is 5.02 Å². The van der Waals surface area contributed by atoms with Crippen molar-refractivity contribution in [3.8, 4) is 5.75 Å². The van der Waals surface area contributed by atoms with E-state index in [1.165, 1.54) is 0 Å². The Morgan fingerprint density at radius 2 is 2.08 bits per heavy atom. The van der Waals surface area contributed by atoms with E-state index in [1.54, 1.807) is 24.5 Å². The Hall–Kier alpha value is -2.67. The van der Waals surface area contributed by atoms with Crippen molar-refractivity contribution >= 4 is 28.5 Å². The van der Waals surface area contributed by atoms with E-state index in [2.05, 4.69) is 15.1 Å². The number of carbonyl (C=O) groups is 1. The van der Waals surface area contributed by atoms with Crippen molar-refractivity contribution in [2.75, 3.05) is 0 Å². The molecule has 3 aromatic rings. The molecular weight excluding hydrogens is 346 g/mol. The highest BCUT2D eigenvalue weighted by molar-refractivity contribution is 6.32. The van der Waals surface area contributed by atoms with Crippen molar-refractivity contribution in [3.05, 3.63) is 46.6 Å². The van der Waals surface area contributed by atoms with Gasteiger partial charge in [0.2, 0.25) is 0 Å². The fourth-order valence-corrected chi connectivity index (χ4v) is 2.55. The smallest absolute Gasteiger partial charge is 0.303 e. The topological polar surface area (TPSA) is 98.3 Å². The zero-order chi connectivity index (χ0) is 18.0. The van der Waals surface area contributed by atoms with Crippen LogP contribution in [0, 0.1) is 6.92 Å². The van der Waals surface area contributed by atoms with E-state index in [1.807, 2.05) is 13.8 Å². The predicted octanol–water partition coefficient (Wildman–Crippen LogP) is 3.74. The van der Waals surface area contributed by atoms with E-state index in [-0.39, 0.29) is 12.8 Å². The van der Waals surface area contributed by atoms with Gasteiger partial charge in [0.1, 0.15) is 5.75 Å². The number of fused-ring (bicyclic) bond motifs is 1. The van der Waals surface area contributed by atoms with Crippen molar-refractivity contribution < 1.29 is 19.2 Å². The highest BCUT2D eigenvalue weighted by Gasteiger charge is 2.17. The molecule has 0 aliphatic heterocycles. The van der Waals surface area contributed by atoms with Gasteiger partial charge in [-0.1, -0.05) is 16.8 Å². The van der Waals surface area contributed by atoms with Gasteiger partial charge in [0, 0.05) is 30.3 Å². The van der Waals surface area contributed by atoms with Gasteiger partial charge in [-0.3, -0.25) is 4.79 Å². The minimum Gasteiger partial charge on any atom is -0.481 e. The Bertz CT molecular complexity index is 908. The summed E-state index contributed by atoms with van der Waals surface area (Å²) in [5.74, 6) is 0.0716. The van der Waals surface area contributed by atoms with E-state index in [4.69, 9.17) is 26.0 Å². The molecule has 1 aromatic carbocycles. The summed E-state index contributed by atoms with van der Waals surface area (Å²) < 4.78 is 11.1. The molecule has 2 heterocycles. The molecule has 1 unspecified atom stereocenters. The van der Waals surface area contributed by atoms with Crippen molar-refractivity contribution in [2.24, 2.45) is 0 Å². The number of carboxylic acid groups (broad SMARTS) is 1. The highest BCUT2D eigenvalue weighted by Crippen LogP contribution is 2.34. The maximum absolute atomic E-state index is 10.7. The summed E-state index contributed by atoms with van der Waals surface area (Å²) in [6.07, 6.45) is 3.28. The lowest BCUT2D eigenvalue weighted by molar-refractivity contribution is -0.136. The average molecular weight is 362 g/mol. The van der Waals surface area contributed by atoms with Crippen LogP contribution in [0.3, 0.4) is 0 Å². The maximum atomic E-state index is 10.7. The third kappa shape index (κ3) is 3.88. The summed E-state index contributed by atoms with van der Waals surface area (Å²) in [6.45, 7) is 3.73. The van der Waals surface area contributed by atoms with Crippen LogP contribution < -0.4 is 4.74 Å². The summed E-state index contributed by atoms with van der Waals surface area (Å²) in [4.78, 5) is 19.2. The fraction of sp³-hybridized carbons (Fsp3) is 0.294. The molecule has 0 fully saturated rings. The lowest BCUT2D eigenvalue weighted by Crippen LogP contribution is -2.08. The molecule has 0 radical (unpaired) electrons. The highest BCUT2D eigenvalue weighted by atomic mass is 35.5. The Kier molecular flexibility index (Phi) is 4.85. The second-order valence-electron chi connectivity index (χ2n) is 5.68. The summed E-state index contributed by atoms with van der Waals surface area (Å²) in [6, 6.07) is 3.31. The molecular formula is C17H16ClN3O4. The molecule has 0 aliphatic rings. The minimum absolute atomic E-state index is 0.0285. The van der Waals surface area contributed by atoms with Crippen LogP contribution in [0.15, 0.2) is 29.0 Å². The Morgan fingerprint density at radius 3 is 2.76 bits per heavy atom. The summed E-state index contributed by atoms with van der Waals surface area (Å²) in [5, 5.41) is 13.8. The first-order chi connectivity index (χ1) is 11.9. The molecule has 0 aliphatic carbocycles. The molecule has 0 saturated carbocycles. The van der Waals surface area contributed by atoms with Crippen LogP contribution in [0.5, 0.6) is 5.75 Å². The van der Waals surface area contributed by atoms with Crippen LogP contribution in [0.4, 0.5) is 0 Å². The lowest BCUT2D eigenvalue weighted by Gasteiger charge is -2.14. The molecule has 1 N–H and O–H groups in total. The van der Waals surface area contributed by atoms with Crippen LogP contribution in [-0.4, -0.2) is 26.2 Å². The minimum atomic E-state index is -0.894. The number of rotatable bonds is 6. The molecule has 0 spiro atoms. The van der Waals surface area contributed by atoms with Gasteiger partial charge in [0.15, 0.2) is 17.5 Å². The molecule has 0 bridgehead atoms. The number of ether oxygens (including phenoxy) is 1. The summed E-state index contributed by atoms with van der Waals surface area (Å²) in [7, 11) is 0. The standard InChI is InChI=1S/C17H16ClN3O4/c1-9-7-19-17(20-8-9)10(2)24-15-6-14-11(5-12(15)18)13(21-25-14)3-4-16(22)23/h5-8,10H,3-4H2,1-2H3,(H,22,23). The van der Waals surface area contributed by atoms with E-state index in [9.17, 15) is 4.79 Å². The van der Waals surface area contributed by atoms with Crippen LogP contribution in [0.1, 0.15) is 36.5 Å². The van der Waals surface area contributed by atoms with Gasteiger partial charge in [0.05, 0.1) is 17.1 Å². The fourth-order valence-electron chi connectivity index (χ4n) is 2.34. The van der Waals surface area contributed by atoms with Gasteiger partial charge in [-0.25, -0.2) is 9.97 Å². The number of hydrogen-bond acceptors (Lipinski definition) is 6.